The van der Waals surface area contributed by atoms with Crippen molar-refractivity contribution < 1.29 is 14.6 Å². The van der Waals surface area contributed by atoms with Crippen LogP contribution in [0.5, 0.6) is 0 Å². The molecule has 1 N–H and O–H groups in total. The predicted molar refractivity (Wildman–Crippen MR) is 63.0 cm³/mol. The van der Waals surface area contributed by atoms with Crippen LogP contribution in [-0.2, 0) is 9.53 Å². The van der Waals surface area contributed by atoms with Crippen LogP contribution in [-0.4, -0.2) is 23.8 Å². The lowest BCUT2D eigenvalue weighted by atomic mass is 9.84. The van der Waals surface area contributed by atoms with E-state index in [1.165, 1.54) is 6.42 Å². The fourth-order valence-electron chi connectivity index (χ4n) is 2.14. The van der Waals surface area contributed by atoms with E-state index < -0.39 is 5.41 Å². The van der Waals surface area contributed by atoms with Gasteiger partial charge in [0, 0.05) is 6.61 Å². The molecule has 3 heteroatoms. The zero-order chi connectivity index (χ0) is 12.2. The van der Waals surface area contributed by atoms with Gasteiger partial charge in [-0.25, -0.2) is 0 Å². The molecule has 3 nitrogen and oxygen atoms in total. The topological polar surface area (TPSA) is 46.5 Å². The first-order valence-corrected chi connectivity index (χ1v) is 6.27. The molecule has 0 aliphatic heterocycles. The number of aliphatic hydroxyl groups excluding tert-OH is 1. The Kier molecular flexibility index (Phi) is 4.78. The van der Waals surface area contributed by atoms with E-state index in [1.807, 2.05) is 20.8 Å². The molecule has 1 rings (SSSR count). The van der Waals surface area contributed by atoms with Gasteiger partial charge in [-0.3, -0.25) is 4.79 Å². The zero-order valence-corrected chi connectivity index (χ0v) is 10.7. The smallest absolute Gasteiger partial charge is 0.311 e. The Morgan fingerprint density at radius 3 is 2.50 bits per heavy atom. The summed E-state index contributed by atoms with van der Waals surface area (Å²) in [5, 5.41) is 8.99. The summed E-state index contributed by atoms with van der Waals surface area (Å²) in [6, 6.07) is 0. The quantitative estimate of drug-likeness (QED) is 0.755. The van der Waals surface area contributed by atoms with Gasteiger partial charge in [0.05, 0.1) is 5.41 Å². The SMILES string of the molecule is CC(C)(C)C(=O)OC1CCCCC1CCO. The highest BCUT2D eigenvalue weighted by Crippen LogP contribution is 2.31. The summed E-state index contributed by atoms with van der Waals surface area (Å²) in [6.45, 7) is 5.81. The van der Waals surface area contributed by atoms with E-state index in [0.717, 1.165) is 25.7 Å². The maximum Gasteiger partial charge on any atom is 0.311 e. The van der Waals surface area contributed by atoms with Gasteiger partial charge in [-0.05, 0) is 52.4 Å². The van der Waals surface area contributed by atoms with Crippen molar-refractivity contribution in [3.05, 3.63) is 0 Å². The molecule has 0 spiro atoms. The number of rotatable bonds is 3. The third-order valence-electron chi connectivity index (χ3n) is 3.21. The van der Waals surface area contributed by atoms with Crippen LogP contribution in [0.1, 0.15) is 52.9 Å². The monoisotopic (exact) mass is 228 g/mol. The predicted octanol–water partition coefficient (Wildman–Crippen LogP) is 2.52. The van der Waals surface area contributed by atoms with Crippen molar-refractivity contribution in [2.75, 3.05) is 6.61 Å². The fraction of sp³-hybridized carbons (Fsp3) is 0.923. The largest absolute Gasteiger partial charge is 0.462 e. The first kappa shape index (κ1) is 13.5. The number of carbonyl (C=O) groups is 1. The van der Waals surface area contributed by atoms with E-state index >= 15 is 0 Å². The molecule has 1 aliphatic carbocycles. The number of hydrogen-bond acceptors (Lipinski definition) is 3. The van der Waals surface area contributed by atoms with Crippen LogP contribution >= 0.6 is 0 Å². The van der Waals surface area contributed by atoms with Gasteiger partial charge < -0.3 is 9.84 Å². The number of hydrogen-bond donors (Lipinski definition) is 1. The lowest BCUT2D eigenvalue weighted by Crippen LogP contribution is -2.35. The Morgan fingerprint density at radius 1 is 1.31 bits per heavy atom. The summed E-state index contributed by atoms with van der Waals surface area (Å²) >= 11 is 0. The number of esters is 1. The molecule has 2 atom stereocenters. The lowest BCUT2D eigenvalue weighted by Gasteiger charge is -2.32. The molecule has 0 aromatic heterocycles. The van der Waals surface area contributed by atoms with Crippen LogP contribution in [0.3, 0.4) is 0 Å². The van der Waals surface area contributed by atoms with Gasteiger partial charge in [-0.15, -0.1) is 0 Å². The Morgan fingerprint density at radius 2 is 1.94 bits per heavy atom. The normalized spacial score (nSPS) is 26.5. The van der Waals surface area contributed by atoms with E-state index in [4.69, 9.17) is 9.84 Å². The highest BCUT2D eigenvalue weighted by atomic mass is 16.5. The third-order valence-corrected chi connectivity index (χ3v) is 3.21. The van der Waals surface area contributed by atoms with Gasteiger partial charge in [0.1, 0.15) is 6.10 Å². The second kappa shape index (κ2) is 5.67. The van der Waals surface area contributed by atoms with E-state index in [9.17, 15) is 4.79 Å². The first-order valence-electron chi connectivity index (χ1n) is 6.27. The minimum absolute atomic E-state index is 0.0209. The van der Waals surface area contributed by atoms with Crippen molar-refractivity contribution in [1.29, 1.82) is 0 Å². The lowest BCUT2D eigenvalue weighted by molar-refractivity contribution is -0.163. The molecular weight excluding hydrogens is 204 g/mol. The molecule has 2 unspecified atom stereocenters. The molecule has 1 aliphatic rings. The van der Waals surface area contributed by atoms with Crippen molar-refractivity contribution in [2.24, 2.45) is 11.3 Å². The summed E-state index contributed by atoms with van der Waals surface area (Å²) in [5.41, 5.74) is -0.429. The average molecular weight is 228 g/mol. The second-order valence-electron chi connectivity index (χ2n) is 5.75. The van der Waals surface area contributed by atoms with Gasteiger partial charge >= 0.3 is 5.97 Å². The van der Waals surface area contributed by atoms with Gasteiger partial charge in [0.15, 0.2) is 0 Å². The van der Waals surface area contributed by atoms with E-state index in [-0.39, 0.29) is 18.7 Å². The molecule has 0 saturated heterocycles. The number of carbonyl (C=O) groups excluding carboxylic acids is 1. The highest BCUT2D eigenvalue weighted by Gasteiger charge is 2.31. The van der Waals surface area contributed by atoms with Crippen LogP contribution in [0.25, 0.3) is 0 Å². The molecule has 0 aromatic rings. The fourth-order valence-corrected chi connectivity index (χ4v) is 2.14. The zero-order valence-electron chi connectivity index (χ0n) is 10.7. The standard InChI is InChI=1S/C13H24O3/c1-13(2,3)12(15)16-11-7-5-4-6-10(11)8-9-14/h10-11,14H,4-9H2,1-3H3. The van der Waals surface area contributed by atoms with Crippen LogP contribution in [0.2, 0.25) is 0 Å². The summed E-state index contributed by atoms with van der Waals surface area (Å²) in [5.74, 6) is 0.229. The minimum atomic E-state index is -0.429. The van der Waals surface area contributed by atoms with Crippen LogP contribution in [0.4, 0.5) is 0 Å². The van der Waals surface area contributed by atoms with Gasteiger partial charge in [-0.1, -0.05) is 6.42 Å². The van der Waals surface area contributed by atoms with E-state index in [0.29, 0.717) is 5.92 Å². The molecule has 1 saturated carbocycles. The van der Waals surface area contributed by atoms with Gasteiger partial charge in [0.25, 0.3) is 0 Å². The van der Waals surface area contributed by atoms with Gasteiger partial charge in [0.2, 0.25) is 0 Å². The minimum Gasteiger partial charge on any atom is -0.462 e. The molecule has 16 heavy (non-hydrogen) atoms. The Hall–Kier alpha value is -0.570. The molecule has 0 bridgehead atoms. The summed E-state index contributed by atoms with van der Waals surface area (Å²) in [6.07, 6.45) is 5.11. The molecule has 0 radical (unpaired) electrons. The molecular formula is C13H24O3. The van der Waals surface area contributed by atoms with Crippen LogP contribution in [0, 0.1) is 11.3 Å². The average Bonchev–Trinajstić information content (AvgIpc) is 2.20. The van der Waals surface area contributed by atoms with Crippen molar-refractivity contribution >= 4 is 5.97 Å². The summed E-state index contributed by atoms with van der Waals surface area (Å²) in [7, 11) is 0. The van der Waals surface area contributed by atoms with Crippen LogP contribution in [0.15, 0.2) is 0 Å². The summed E-state index contributed by atoms with van der Waals surface area (Å²) < 4.78 is 5.57. The molecule has 94 valence electrons. The van der Waals surface area contributed by atoms with E-state index in [1.54, 1.807) is 0 Å². The third kappa shape index (κ3) is 3.78. The van der Waals surface area contributed by atoms with E-state index in [2.05, 4.69) is 0 Å². The Balaban J connectivity index is 2.52. The Bertz CT molecular complexity index is 228. The Labute approximate surface area is 98.2 Å². The van der Waals surface area contributed by atoms with Crippen molar-refractivity contribution in [3.63, 3.8) is 0 Å². The molecule has 0 aromatic carbocycles. The maximum atomic E-state index is 11.8. The molecule has 0 amide bonds. The number of ether oxygens (including phenoxy) is 1. The van der Waals surface area contributed by atoms with Crippen molar-refractivity contribution in [3.8, 4) is 0 Å². The maximum absolute atomic E-state index is 11.8. The number of aliphatic hydroxyl groups is 1. The van der Waals surface area contributed by atoms with Gasteiger partial charge in [-0.2, -0.15) is 0 Å². The van der Waals surface area contributed by atoms with Crippen molar-refractivity contribution in [2.45, 2.75) is 59.0 Å². The summed E-state index contributed by atoms with van der Waals surface area (Å²) in [4.78, 5) is 11.8. The van der Waals surface area contributed by atoms with Crippen LogP contribution < -0.4 is 0 Å². The van der Waals surface area contributed by atoms with Crippen molar-refractivity contribution in [1.82, 2.24) is 0 Å². The first-order chi connectivity index (χ1) is 7.45. The highest BCUT2D eigenvalue weighted by molar-refractivity contribution is 5.75. The molecule has 0 heterocycles. The second-order valence-corrected chi connectivity index (χ2v) is 5.75. The molecule has 1 fully saturated rings.